The maximum atomic E-state index is 2.47. The summed E-state index contributed by atoms with van der Waals surface area (Å²) < 4.78 is 0. The zero-order valence-electron chi connectivity index (χ0n) is 10.8. The average molecular weight is 196 g/mol. The van der Waals surface area contributed by atoms with E-state index >= 15 is 0 Å². The van der Waals surface area contributed by atoms with Gasteiger partial charge < -0.3 is 0 Å². The molecule has 0 aromatic heterocycles. The molecule has 0 spiro atoms. The Kier molecular flexibility index (Phi) is 4.04. The topological polar surface area (TPSA) is 0 Å². The molecule has 0 saturated heterocycles. The fraction of sp³-hybridized carbons (Fsp3) is 1.00. The van der Waals surface area contributed by atoms with E-state index in [1.807, 2.05) is 0 Å². The molecule has 4 unspecified atom stereocenters. The Morgan fingerprint density at radius 2 is 1.71 bits per heavy atom. The van der Waals surface area contributed by atoms with Crippen LogP contribution in [0.5, 0.6) is 0 Å². The summed E-state index contributed by atoms with van der Waals surface area (Å²) in [6.45, 7) is 12.0. The molecule has 0 bridgehead atoms. The molecule has 1 saturated carbocycles. The molecule has 0 aromatic carbocycles. The fourth-order valence-corrected chi connectivity index (χ4v) is 2.60. The van der Waals surface area contributed by atoms with Crippen LogP contribution in [-0.4, -0.2) is 0 Å². The van der Waals surface area contributed by atoms with Crippen molar-refractivity contribution in [2.24, 2.45) is 23.2 Å². The van der Waals surface area contributed by atoms with Gasteiger partial charge in [-0.05, 0) is 36.0 Å². The first-order chi connectivity index (χ1) is 6.48. The van der Waals surface area contributed by atoms with E-state index in [0.717, 1.165) is 23.2 Å². The van der Waals surface area contributed by atoms with E-state index in [2.05, 4.69) is 34.6 Å². The van der Waals surface area contributed by atoms with Gasteiger partial charge in [0.15, 0.2) is 0 Å². The van der Waals surface area contributed by atoms with Crippen molar-refractivity contribution in [2.75, 3.05) is 0 Å². The van der Waals surface area contributed by atoms with E-state index < -0.39 is 0 Å². The quantitative estimate of drug-likeness (QED) is 0.567. The third-order valence-electron chi connectivity index (χ3n) is 4.47. The van der Waals surface area contributed by atoms with Crippen LogP contribution >= 0.6 is 0 Å². The molecule has 84 valence electrons. The summed E-state index contributed by atoms with van der Waals surface area (Å²) in [5.41, 5.74) is 0.717. The highest BCUT2D eigenvalue weighted by atomic mass is 14.5. The Bertz CT molecular complexity index is 173. The van der Waals surface area contributed by atoms with Crippen LogP contribution in [0.3, 0.4) is 0 Å². The van der Waals surface area contributed by atoms with Gasteiger partial charge in [0.25, 0.3) is 0 Å². The van der Waals surface area contributed by atoms with Crippen molar-refractivity contribution in [3.8, 4) is 0 Å². The minimum atomic E-state index is 0.717. The standard InChI is InChI=1S/C14H28/c1-6-11(2)7-8-12(3)9-14(5)10-13(14)4/h11-13H,6-10H2,1-5H3. The summed E-state index contributed by atoms with van der Waals surface area (Å²) >= 11 is 0. The molecule has 0 radical (unpaired) electrons. The van der Waals surface area contributed by atoms with Crippen molar-refractivity contribution >= 4 is 0 Å². The second-order valence-corrected chi connectivity index (χ2v) is 6.16. The zero-order valence-corrected chi connectivity index (χ0v) is 10.8. The van der Waals surface area contributed by atoms with E-state index in [1.165, 1.54) is 32.1 Å². The second kappa shape index (κ2) is 4.68. The lowest BCUT2D eigenvalue weighted by molar-refractivity contribution is 0.332. The van der Waals surface area contributed by atoms with E-state index in [4.69, 9.17) is 0 Å². The summed E-state index contributed by atoms with van der Waals surface area (Å²) in [4.78, 5) is 0. The largest absolute Gasteiger partial charge is 0.0651 e. The lowest BCUT2D eigenvalue weighted by atomic mass is 9.87. The minimum Gasteiger partial charge on any atom is -0.0651 e. The summed E-state index contributed by atoms with van der Waals surface area (Å²) in [6.07, 6.45) is 7.16. The Morgan fingerprint density at radius 3 is 2.14 bits per heavy atom. The summed E-state index contributed by atoms with van der Waals surface area (Å²) in [5, 5.41) is 0. The first kappa shape index (κ1) is 12.1. The summed E-state index contributed by atoms with van der Waals surface area (Å²) in [6, 6.07) is 0. The van der Waals surface area contributed by atoms with Gasteiger partial charge in [-0.3, -0.25) is 0 Å². The van der Waals surface area contributed by atoms with Crippen LogP contribution in [0.1, 0.15) is 66.7 Å². The van der Waals surface area contributed by atoms with Crippen molar-refractivity contribution in [2.45, 2.75) is 66.7 Å². The molecule has 0 nitrogen and oxygen atoms in total. The molecule has 0 aliphatic heterocycles. The summed E-state index contributed by atoms with van der Waals surface area (Å²) in [5.74, 6) is 2.87. The molecular weight excluding hydrogens is 168 g/mol. The van der Waals surface area contributed by atoms with E-state index in [0.29, 0.717) is 0 Å². The Morgan fingerprint density at radius 1 is 1.21 bits per heavy atom. The van der Waals surface area contributed by atoms with Crippen LogP contribution in [0.15, 0.2) is 0 Å². The SMILES string of the molecule is CCC(C)CCC(C)CC1(C)CC1C. The molecule has 1 aliphatic carbocycles. The van der Waals surface area contributed by atoms with Crippen molar-refractivity contribution in [3.05, 3.63) is 0 Å². The molecule has 0 amide bonds. The predicted molar refractivity (Wildman–Crippen MR) is 64.4 cm³/mol. The molecule has 1 aliphatic rings. The first-order valence-corrected chi connectivity index (χ1v) is 6.48. The van der Waals surface area contributed by atoms with E-state index in [1.54, 1.807) is 0 Å². The molecule has 0 heteroatoms. The average Bonchev–Trinajstić information content (AvgIpc) is 2.69. The predicted octanol–water partition coefficient (Wildman–Crippen LogP) is 4.89. The summed E-state index contributed by atoms with van der Waals surface area (Å²) in [7, 11) is 0. The van der Waals surface area contributed by atoms with Gasteiger partial charge in [-0.1, -0.05) is 53.9 Å². The first-order valence-electron chi connectivity index (χ1n) is 6.48. The Labute approximate surface area is 90.5 Å². The third kappa shape index (κ3) is 3.29. The molecule has 1 rings (SSSR count). The van der Waals surface area contributed by atoms with Crippen LogP contribution in [0.4, 0.5) is 0 Å². The maximum absolute atomic E-state index is 2.47. The van der Waals surface area contributed by atoms with Crippen molar-refractivity contribution in [1.29, 1.82) is 0 Å². The minimum absolute atomic E-state index is 0.717. The molecule has 0 heterocycles. The Hall–Kier alpha value is 0. The zero-order chi connectivity index (χ0) is 10.8. The van der Waals surface area contributed by atoms with Gasteiger partial charge in [0.1, 0.15) is 0 Å². The molecule has 0 aromatic rings. The van der Waals surface area contributed by atoms with Crippen molar-refractivity contribution in [1.82, 2.24) is 0 Å². The molecule has 14 heavy (non-hydrogen) atoms. The number of hydrogen-bond acceptors (Lipinski definition) is 0. The van der Waals surface area contributed by atoms with Crippen molar-refractivity contribution in [3.63, 3.8) is 0 Å². The lowest BCUT2D eigenvalue weighted by Crippen LogP contribution is -2.07. The molecule has 1 fully saturated rings. The van der Waals surface area contributed by atoms with Crippen LogP contribution in [0.2, 0.25) is 0 Å². The van der Waals surface area contributed by atoms with Gasteiger partial charge in [0.2, 0.25) is 0 Å². The van der Waals surface area contributed by atoms with Gasteiger partial charge in [-0.2, -0.15) is 0 Å². The van der Waals surface area contributed by atoms with Crippen LogP contribution < -0.4 is 0 Å². The van der Waals surface area contributed by atoms with Crippen LogP contribution in [0, 0.1) is 23.2 Å². The van der Waals surface area contributed by atoms with Gasteiger partial charge in [0.05, 0.1) is 0 Å². The van der Waals surface area contributed by atoms with Crippen LogP contribution in [0.25, 0.3) is 0 Å². The van der Waals surface area contributed by atoms with Crippen LogP contribution in [-0.2, 0) is 0 Å². The highest BCUT2D eigenvalue weighted by molar-refractivity contribution is 4.96. The normalized spacial score (nSPS) is 35.4. The Balaban J connectivity index is 2.13. The van der Waals surface area contributed by atoms with Gasteiger partial charge in [-0.25, -0.2) is 0 Å². The molecule has 4 atom stereocenters. The number of rotatable bonds is 6. The fourth-order valence-electron chi connectivity index (χ4n) is 2.60. The highest BCUT2D eigenvalue weighted by Gasteiger charge is 2.46. The van der Waals surface area contributed by atoms with Gasteiger partial charge >= 0.3 is 0 Å². The van der Waals surface area contributed by atoms with E-state index in [-0.39, 0.29) is 0 Å². The van der Waals surface area contributed by atoms with Gasteiger partial charge in [-0.15, -0.1) is 0 Å². The monoisotopic (exact) mass is 196 g/mol. The van der Waals surface area contributed by atoms with Crippen molar-refractivity contribution < 1.29 is 0 Å². The smallest absolute Gasteiger partial charge is 0.0295 e. The third-order valence-corrected chi connectivity index (χ3v) is 4.47. The van der Waals surface area contributed by atoms with E-state index in [9.17, 15) is 0 Å². The number of hydrogen-bond donors (Lipinski definition) is 0. The molecular formula is C14H28. The van der Waals surface area contributed by atoms with Gasteiger partial charge in [0, 0.05) is 0 Å². The maximum Gasteiger partial charge on any atom is -0.0295 e. The molecule has 0 N–H and O–H groups in total. The highest BCUT2D eigenvalue weighted by Crippen LogP contribution is 2.56. The second-order valence-electron chi connectivity index (χ2n) is 6.16. The lowest BCUT2D eigenvalue weighted by Gasteiger charge is -2.18.